The van der Waals surface area contributed by atoms with Crippen LogP contribution in [0, 0.1) is 11.6 Å². The molecule has 1 amide bonds. The van der Waals surface area contributed by atoms with Crippen LogP contribution in [0.1, 0.15) is 16.8 Å². The standard InChI is InChI=1S/C12H13F2NO4/c1-15(6-5-9(16)17)12(18)10-7(13)3-4-8(14)11(10)19-2/h3-4H,5-6H2,1-2H3,(H,16,17). The van der Waals surface area contributed by atoms with Gasteiger partial charge in [-0.25, -0.2) is 8.78 Å². The van der Waals surface area contributed by atoms with Crippen molar-refractivity contribution in [3.63, 3.8) is 0 Å². The lowest BCUT2D eigenvalue weighted by atomic mass is 10.1. The Kier molecular flexibility index (Phi) is 4.80. The largest absolute Gasteiger partial charge is 0.493 e. The molecule has 0 aliphatic heterocycles. The topological polar surface area (TPSA) is 66.8 Å². The van der Waals surface area contributed by atoms with Crippen molar-refractivity contribution in [2.45, 2.75) is 6.42 Å². The van der Waals surface area contributed by atoms with Crippen LogP contribution in [0.2, 0.25) is 0 Å². The first-order valence-electron chi connectivity index (χ1n) is 5.37. The van der Waals surface area contributed by atoms with Crippen molar-refractivity contribution < 1.29 is 28.2 Å². The molecule has 0 bridgehead atoms. The number of carboxylic acid groups (broad SMARTS) is 1. The summed E-state index contributed by atoms with van der Waals surface area (Å²) in [6.45, 7) is -0.118. The first-order valence-corrected chi connectivity index (χ1v) is 5.37. The average molecular weight is 273 g/mol. The number of carboxylic acids is 1. The van der Waals surface area contributed by atoms with Crippen LogP contribution in [0.5, 0.6) is 5.75 Å². The summed E-state index contributed by atoms with van der Waals surface area (Å²) in [5.41, 5.74) is -0.546. The summed E-state index contributed by atoms with van der Waals surface area (Å²) in [5.74, 6) is -4.21. The molecule has 1 N–H and O–H groups in total. The maximum absolute atomic E-state index is 13.6. The molecule has 0 fully saturated rings. The summed E-state index contributed by atoms with van der Waals surface area (Å²) in [6, 6.07) is 1.66. The van der Waals surface area contributed by atoms with Gasteiger partial charge in [0.05, 0.1) is 13.5 Å². The zero-order valence-electron chi connectivity index (χ0n) is 10.4. The number of carbonyl (C=O) groups is 2. The molecule has 7 heteroatoms. The number of halogens is 2. The molecule has 0 aromatic heterocycles. The summed E-state index contributed by atoms with van der Waals surface area (Å²) >= 11 is 0. The lowest BCUT2D eigenvalue weighted by molar-refractivity contribution is -0.137. The Balaban J connectivity index is 3.05. The van der Waals surface area contributed by atoms with E-state index in [-0.39, 0.29) is 13.0 Å². The minimum atomic E-state index is -1.09. The molecule has 0 saturated heterocycles. The van der Waals surface area contributed by atoms with Gasteiger partial charge >= 0.3 is 5.97 Å². The van der Waals surface area contributed by atoms with E-state index < -0.39 is 34.8 Å². The fraction of sp³-hybridized carbons (Fsp3) is 0.333. The molecule has 5 nitrogen and oxygen atoms in total. The number of benzene rings is 1. The van der Waals surface area contributed by atoms with Gasteiger partial charge in [-0.1, -0.05) is 0 Å². The lowest BCUT2D eigenvalue weighted by Gasteiger charge is -2.18. The van der Waals surface area contributed by atoms with Crippen molar-refractivity contribution in [3.05, 3.63) is 29.3 Å². The Labute approximate surface area is 108 Å². The summed E-state index contributed by atoms with van der Waals surface area (Å²) in [6.07, 6.45) is -0.290. The van der Waals surface area contributed by atoms with E-state index in [1.807, 2.05) is 0 Å². The Bertz CT molecular complexity index is 505. The van der Waals surface area contributed by atoms with Gasteiger partial charge in [-0.3, -0.25) is 9.59 Å². The predicted octanol–water partition coefficient (Wildman–Crippen LogP) is 1.52. The number of rotatable bonds is 5. The van der Waals surface area contributed by atoms with E-state index in [4.69, 9.17) is 5.11 Å². The number of nitrogens with zero attached hydrogens (tertiary/aromatic N) is 1. The molecule has 0 spiro atoms. The van der Waals surface area contributed by atoms with Crippen LogP contribution in [-0.2, 0) is 4.79 Å². The highest BCUT2D eigenvalue weighted by Crippen LogP contribution is 2.26. The normalized spacial score (nSPS) is 10.1. The van der Waals surface area contributed by atoms with Crippen LogP contribution in [0.3, 0.4) is 0 Å². The smallest absolute Gasteiger partial charge is 0.305 e. The van der Waals surface area contributed by atoms with Gasteiger partial charge < -0.3 is 14.7 Å². The number of aliphatic carboxylic acids is 1. The number of hydrogen-bond acceptors (Lipinski definition) is 3. The Morgan fingerprint density at radius 1 is 1.32 bits per heavy atom. The van der Waals surface area contributed by atoms with Gasteiger partial charge in [0.15, 0.2) is 11.6 Å². The van der Waals surface area contributed by atoms with E-state index in [0.29, 0.717) is 0 Å². The van der Waals surface area contributed by atoms with Crippen LogP contribution in [-0.4, -0.2) is 42.6 Å². The van der Waals surface area contributed by atoms with Crippen molar-refractivity contribution in [3.8, 4) is 5.75 Å². The monoisotopic (exact) mass is 273 g/mol. The summed E-state index contributed by atoms with van der Waals surface area (Å²) in [7, 11) is 2.42. The van der Waals surface area contributed by atoms with E-state index >= 15 is 0 Å². The third kappa shape index (κ3) is 3.40. The van der Waals surface area contributed by atoms with Crippen molar-refractivity contribution >= 4 is 11.9 Å². The van der Waals surface area contributed by atoms with Gasteiger partial charge in [0.2, 0.25) is 0 Å². The second-order valence-corrected chi connectivity index (χ2v) is 3.81. The van der Waals surface area contributed by atoms with Gasteiger partial charge in [0.25, 0.3) is 5.91 Å². The van der Waals surface area contributed by atoms with Crippen LogP contribution >= 0.6 is 0 Å². The predicted molar refractivity (Wildman–Crippen MR) is 62.1 cm³/mol. The molecule has 0 aliphatic carbocycles. The Morgan fingerprint density at radius 3 is 2.42 bits per heavy atom. The summed E-state index contributed by atoms with van der Waals surface area (Å²) < 4.78 is 31.7. The van der Waals surface area contributed by atoms with Gasteiger partial charge in [-0.15, -0.1) is 0 Å². The molecule has 104 valence electrons. The molecule has 0 aliphatic rings. The minimum Gasteiger partial charge on any atom is -0.493 e. The average Bonchev–Trinajstić information content (AvgIpc) is 2.37. The highest BCUT2D eigenvalue weighted by atomic mass is 19.1. The molecular weight excluding hydrogens is 260 g/mol. The van der Waals surface area contributed by atoms with Gasteiger partial charge in [0, 0.05) is 13.6 Å². The second kappa shape index (κ2) is 6.12. The highest BCUT2D eigenvalue weighted by molar-refractivity contribution is 5.97. The zero-order chi connectivity index (χ0) is 14.6. The van der Waals surface area contributed by atoms with Crippen LogP contribution in [0.25, 0.3) is 0 Å². The van der Waals surface area contributed by atoms with E-state index in [0.717, 1.165) is 24.1 Å². The molecule has 0 unspecified atom stereocenters. The lowest BCUT2D eigenvalue weighted by Crippen LogP contribution is -2.30. The highest BCUT2D eigenvalue weighted by Gasteiger charge is 2.24. The molecular formula is C12H13F2NO4. The molecule has 1 aromatic carbocycles. The van der Waals surface area contributed by atoms with Crippen LogP contribution in [0.4, 0.5) is 8.78 Å². The van der Waals surface area contributed by atoms with E-state index in [1.54, 1.807) is 0 Å². The fourth-order valence-electron chi connectivity index (χ4n) is 1.49. The van der Waals surface area contributed by atoms with E-state index in [1.165, 1.54) is 7.05 Å². The van der Waals surface area contributed by atoms with E-state index in [2.05, 4.69) is 4.74 Å². The Hall–Kier alpha value is -2.18. The van der Waals surface area contributed by atoms with Crippen molar-refractivity contribution in [2.24, 2.45) is 0 Å². The van der Waals surface area contributed by atoms with Crippen LogP contribution < -0.4 is 4.74 Å². The quantitative estimate of drug-likeness (QED) is 0.883. The summed E-state index contributed by atoms with van der Waals surface area (Å²) in [5, 5.41) is 8.52. The summed E-state index contributed by atoms with van der Waals surface area (Å²) in [4.78, 5) is 23.4. The van der Waals surface area contributed by atoms with Gasteiger partial charge in [0.1, 0.15) is 11.4 Å². The third-order valence-corrected chi connectivity index (χ3v) is 2.48. The number of methoxy groups -OCH3 is 1. The Morgan fingerprint density at radius 2 is 1.89 bits per heavy atom. The maximum Gasteiger partial charge on any atom is 0.305 e. The first kappa shape index (κ1) is 14.9. The van der Waals surface area contributed by atoms with E-state index in [9.17, 15) is 18.4 Å². The zero-order valence-corrected chi connectivity index (χ0v) is 10.4. The fourth-order valence-corrected chi connectivity index (χ4v) is 1.49. The van der Waals surface area contributed by atoms with Crippen LogP contribution in [0.15, 0.2) is 12.1 Å². The third-order valence-electron chi connectivity index (χ3n) is 2.48. The molecule has 0 heterocycles. The minimum absolute atomic E-state index is 0.118. The number of ether oxygens (including phenoxy) is 1. The maximum atomic E-state index is 13.6. The number of amides is 1. The molecule has 0 saturated carbocycles. The van der Waals surface area contributed by atoms with Crippen molar-refractivity contribution in [2.75, 3.05) is 20.7 Å². The number of hydrogen-bond donors (Lipinski definition) is 1. The molecule has 1 rings (SSSR count). The van der Waals surface area contributed by atoms with Gasteiger partial charge in [-0.2, -0.15) is 0 Å². The number of carbonyl (C=O) groups excluding carboxylic acids is 1. The van der Waals surface area contributed by atoms with Gasteiger partial charge in [-0.05, 0) is 12.1 Å². The molecule has 0 radical (unpaired) electrons. The second-order valence-electron chi connectivity index (χ2n) is 3.81. The SMILES string of the molecule is COc1c(F)ccc(F)c1C(=O)N(C)CCC(=O)O. The van der Waals surface area contributed by atoms with Crippen molar-refractivity contribution in [1.29, 1.82) is 0 Å². The molecule has 19 heavy (non-hydrogen) atoms. The molecule has 1 aromatic rings. The first-order chi connectivity index (χ1) is 8.88. The van der Waals surface area contributed by atoms with Crippen molar-refractivity contribution in [1.82, 2.24) is 4.90 Å². The molecule has 0 atom stereocenters.